The van der Waals surface area contributed by atoms with E-state index in [0.29, 0.717) is 0 Å². The molecule has 5 heteroatoms. The number of nitrogens with zero attached hydrogens (tertiary/aromatic N) is 2. The lowest BCUT2D eigenvalue weighted by atomic mass is 10.3. The summed E-state index contributed by atoms with van der Waals surface area (Å²) in [6, 6.07) is 0. The molecule has 1 aromatic rings. The van der Waals surface area contributed by atoms with Gasteiger partial charge in [-0.25, -0.2) is 23.9 Å². The molecule has 1 rings (SSSR count). The quantitative estimate of drug-likeness (QED) is 0.762. The van der Waals surface area contributed by atoms with Gasteiger partial charge in [0.25, 0.3) is 0 Å². The molecule has 0 aliphatic rings. The Bertz CT molecular complexity index is 357. The van der Waals surface area contributed by atoms with Gasteiger partial charge < -0.3 is 0 Å². The first-order chi connectivity index (χ1) is 6.54. The second-order valence-corrected chi connectivity index (χ2v) is 3.17. The average molecular weight is 201 g/mol. The first kappa shape index (κ1) is 12.7. The number of unbranched alkanes of at least 4 members (excludes halogenated alkanes) is 2. The van der Waals surface area contributed by atoms with Crippen molar-refractivity contribution >= 4 is 0 Å². The van der Waals surface area contributed by atoms with E-state index in [-0.39, 0.29) is 11.4 Å². The zero-order chi connectivity index (χ0) is 11.1. The maximum absolute atomic E-state index is 10.7. The van der Waals surface area contributed by atoms with E-state index in [9.17, 15) is 9.59 Å². The van der Waals surface area contributed by atoms with Crippen molar-refractivity contribution in [2.24, 2.45) is 14.1 Å². The van der Waals surface area contributed by atoms with Crippen LogP contribution >= 0.6 is 0 Å². The van der Waals surface area contributed by atoms with Crippen LogP contribution in [-0.4, -0.2) is 14.3 Å². The van der Waals surface area contributed by atoms with E-state index in [4.69, 9.17) is 0 Å². The van der Waals surface area contributed by atoms with Crippen LogP contribution in [0.5, 0.6) is 0 Å². The fourth-order valence-electron chi connectivity index (χ4n) is 0.932. The Balaban J connectivity index is 0.000000292. The number of hydrogen-bond acceptors (Lipinski definition) is 2. The summed E-state index contributed by atoms with van der Waals surface area (Å²) >= 11 is 0. The molecule has 0 spiro atoms. The predicted molar refractivity (Wildman–Crippen MR) is 56.5 cm³/mol. The number of rotatable bonds is 2. The van der Waals surface area contributed by atoms with Crippen molar-refractivity contribution in [3.05, 3.63) is 21.0 Å². The van der Waals surface area contributed by atoms with Crippen molar-refractivity contribution in [2.75, 3.05) is 0 Å². The summed E-state index contributed by atoms with van der Waals surface area (Å²) in [7, 11) is 2.91. The highest BCUT2D eigenvalue weighted by Gasteiger charge is 1.97. The van der Waals surface area contributed by atoms with E-state index in [1.165, 1.54) is 33.4 Å². The molecule has 0 aliphatic carbocycles. The SMILES string of the molecule is CCCCC.Cn1[nH]c(=O)n(C)c1=O. The third kappa shape index (κ3) is 3.64. The Morgan fingerprint density at radius 3 is 1.71 bits per heavy atom. The Labute approximate surface area is 83.4 Å². The Morgan fingerprint density at radius 1 is 1.14 bits per heavy atom. The highest BCUT2D eigenvalue weighted by molar-refractivity contribution is 4.64. The van der Waals surface area contributed by atoms with Gasteiger partial charge in [-0.15, -0.1) is 0 Å². The van der Waals surface area contributed by atoms with Gasteiger partial charge in [0.05, 0.1) is 0 Å². The molecule has 0 saturated carbocycles. The molecule has 0 bridgehead atoms. The maximum atomic E-state index is 10.7. The Hall–Kier alpha value is -1.26. The van der Waals surface area contributed by atoms with Crippen LogP contribution in [-0.2, 0) is 14.1 Å². The second-order valence-electron chi connectivity index (χ2n) is 3.17. The minimum absolute atomic E-state index is 0.333. The maximum Gasteiger partial charge on any atom is 0.346 e. The zero-order valence-corrected chi connectivity index (χ0v) is 9.33. The van der Waals surface area contributed by atoms with E-state index in [1.807, 2.05) is 0 Å². The van der Waals surface area contributed by atoms with Gasteiger partial charge in [-0.05, 0) is 0 Å². The number of hydrogen-bond donors (Lipinski definition) is 1. The number of aromatic amines is 1. The largest absolute Gasteiger partial charge is 0.346 e. The molecule has 14 heavy (non-hydrogen) atoms. The van der Waals surface area contributed by atoms with Gasteiger partial charge in [0.1, 0.15) is 0 Å². The Kier molecular flexibility index (Phi) is 5.67. The van der Waals surface area contributed by atoms with Crippen LogP contribution in [0, 0.1) is 0 Å². The number of nitrogens with one attached hydrogen (secondary N) is 1. The van der Waals surface area contributed by atoms with Gasteiger partial charge in [-0.2, -0.15) is 0 Å². The van der Waals surface area contributed by atoms with Crippen molar-refractivity contribution in [3.8, 4) is 0 Å². The molecule has 1 aromatic heterocycles. The number of aryl methyl sites for hydroxylation is 1. The van der Waals surface area contributed by atoms with E-state index >= 15 is 0 Å². The summed E-state index contributed by atoms with van der Waals surface area (Å²) in [5.41, 5.74) is -0.720. The van der Waals surface area contributed by atoms with Gasteiger partial charge in [0.15, 0.2) is 0 Å². The summed E-state index contributed by atoms with van der Waals surface area (Å²) in [5, 5.41) is 2.29. The minimum atomic E-state index is -0.387. The molecular weight excluding hydrogens is 182 g/mol. The van der Waals surface area contributed by atoms with Crippen molar-refractivity contribution in [1.29, 1.82) is 0 Å². The third-order valence-corrected chi connectivity index (χ3v) is 1.85. The van der Waals surface area contributed by atoms with E-state index in [1.54, 1.807) is 0 Å². The lowest BCUT2D eigenvalue weighted by molar-refractivity contribution is 0.713. The summed E-state index contributed by atoms with van der Waals surface area (Å²) < 4.78 is 2.13. The smallest absolute Gasteiger partial charge is 0.246 e. The third-order valence-electron chi connectivity index (χ3n) is 1.85. The second kappa shape index (κ2) is 6.23. The van der Waals surface area contributed by atoms with Crippen LogP contribution in [0.25, 0.3) is 0 Å². The fourth-order valence-corrected chi connectivity index (χ4v) is 0.932. The first-order valence-corrected chi connectivity index (χ1v) is 4.86. The van der Waals surface area contributed by atoms with E-state index in [2.05, 4.69) is 18.9 Å². The van der Waals surface area contributed by atoms with Crippen LogP contribution in [0.15, 0.2) is 9.59 Å². The summed E-state index contributed by atoms with van der Waals surface area (Å²) in [4.78, 5) is 21.2. The molecule has 0 aromatic carbocycles. The van der Waals surface area contributed by atoms with Crippen molar-refractivity contribution < 1.29 is 0 Å². The van der Waals surface area contributed by atoms with Crippen LogP contribution in [0.1, 0.15) is 33.1 Å². The first-order valence-electron chi connectivity index (χ1n) is 4.86. The molecule has 1 N–H and O–H groups in total. The molecule has 5 nitrogen and oxygen atoms in total. The van der Waals surface area contributed by atoms with Crippen LogP contribution in [0.4, 0.5) is 0 Å². The van der Waals surface area contributed by atoms with E-state index < -0.39 is 0 Å². The lowest BCUT2D eigenvalue weighted by Crippen LogP contribution is -2.24. The molecular formula is C9H19N3O2. The summed E-state index contributed by atoms with van der Waals surface area (Å²) in [6.07, 6.45) is 4.08. The summed E-state index contributed by atoms with van der Waals surface area (Å²) in [5.74, 6) is 0. The number of aromatic nitrogens is 3. The highest BCUT2D eigenvalue weighted by Crippen LogP contribution is 1.88. The van der Waals surface area contributed by atoms with Crippen LogP contribution in [0.2, 0.25) is 0 Å². The van der Waals surface area contributed by atoms with Gasteiger partial charge in [0.2, 0.25) is 0 Å². The van der Waals surface area contributed by atoms with Crippen LogP contribution < -0.4 is 11.4 Å². The monoisotopic (exact) mass is 201 g/mol. The van der Waals surface area contributed by atoms with Gasteiger partial charge in [-0.3, -0.25) is 0 Å². The van der Waals surface area contributed by atoms with Crippen molar-refractivity contribution in [3.63, 3.8) is 0 Å². The predicted octanol–water partition coefficient (Wildman–Crippen LogP) is 0.609. The molecule has 0 amide bonds. The highest BCUT2D eigenvalue weighted by atomic mass is 16.2. The van der Waals surface area contributed by atoms with Crippen molar-refractivity contribution in [2.45, 2.75) is 33.1 Å². The topological polar surface area (TPSA) is 59.8 Å². The zero-order valence-electron chi connectivity index (χ0n) is 9.33. The molecule has 0 radical (unpaired) electrons. The molecule has 82 valence electrons. The van der Waals surface area contributed by atoms with E-state index in [0.717, 1.165) is 9.25 Å². The molecule has 0 aliphatic heterocycles. The normalized spacial score (nSPS) is 9.43. The molecule has 0 atom stereocenters. The summed E-state index contributed by atoms with van der Waals surface area (Å²) in [6.45, 7) is 4.42. The fraction of sp³-hybridized carbons (Fsp3) is 0.778. The lowest BCUT2D eigenvalue weighted by Gasteiger charge is -1.80. The van der Waals surface area contributed by atoms with Crippen LogP contribution in [0.3, 0.4) is 0 Å². The molecule has 1 heterocycles. The molecule has 0 unspecified atom stereocenters. The molecule has 0 saturated heterocycles. The average Bonchev–Trinajstić information content (AvgIpc) is 2.36. The van der Waals surface area contributed by atoms with Gasteiger partial charge in [0, 0.05) is 14.1 Å². The minimum Gasteiger partial charge on any atom is -0.246 e. The van der Waals surface area contributed by atoms with Gasteiger partial charge >= 0.3 is 11.4 Å². The number of H-pyrrole nitrogens is 1. The standard InChI is InChI=1S/C5H12.C4H7N3O2/c1-3-5-4-2;1-6-3(8)5-7(2)4(6)9/h3-5H2,1-2H3;1-2H3,(H,5,8). The Morgan fingerprint density at radius 2 is 1.64 bits per heavy atom. The molecule has 0 fully saturated rings. The van der Waals surface area contributed by atoms with Gasteiger partial charge in [-0.1, -0.05) is 33.1 Å². The van der Waals surface area contributed by atoms with Crippen molar-refractivity contribution in [1.82, 2.24) is 14.3 Å².